The minimum atomic E-state index is -0.564. The number of nitrogens with zero attached hydrogens (tertiary/aromatic N) is 5. The fraction of sp³-hybridized carbons (Fsp3) is 0.474. The Morgan fingerprint density at radius 1 is 1.32 bits per heavy atom. The van der Waals surface area contributed by atoms with Gasteiger partial charge in [0.2, 0.25) is 0 Å². The van der Waals surface area contributed by atoms with Gasteiger partial charge in [-0.15, -0.1) is 5.10 Å². The standard InChI is InChI=1S/C19H22FN5O3/c1-19(2,3)28-18(27)24-9-5-6-11(10-24)15-22-16-12-7-4-8-13(20)14(12)21-17(26)25(16)23-15/h4,7-8,11H,5-6,9-10H2,1-3H3,(H,21,26). The van der Waals surface area contributed by atoms with Crippen molar-refractivity contribution in [2.75, 3.05) is 13.1 Å². The molecule has 1 unspecified atom stereocenters. The van der Waals surface area contributed by atoms with Crippen molar-refractivity contribution >= 4 is 22.6 Å². The Morgan fingerprint density at radius 3 is 2.86 bits per heavy atom. The fourth-order valence-electron chi connectivity index (χ4n) is 3.45. The van der Waals surface area contributed by atoms with E-state index in [1.165, 1.54) is 10.6 Å². The van der Waals surface area contributed by atoms with Crippen LogP contribution in [-0.4, -0.2) is 54.4 Å². The van der Waals surface area contributed by atoms with Gasteiger partial charge in [-0.1, -0.05) is 6.07 Å². The number of hydrogen-bond acceptors (Lipinski definition) is 6. The molecule has 1 aromatic carbocycles. The average Bonchev–Trinajstić information content (AvgIpc) is 3.08. The Labute approximate surface area is 160 Å². The van der Waals surface area contributed by atoms with Crippen molar-refractivity contribution in [2.45, 2.75) is 45.1 Å². The van der Waals surface area contributed by atoms with Crippen molar-refractivity contribution in [1.82, 2.24) is 24.5 Å². The lowest BCUT2D eigenvalue weighted by atomic mass is 9.98. The zero-order valence-electron chi connectivity index (χ0n) is 16.0. The number of halogens is 1. The molecule has 0 radical (unpaired) electrons. The normalized spacial score (nSPS) is 18.0. The first-order chi connectivity index (χ1) is 13.2. The van der Waals surface area contributed by atoms with Crippen LogP contribution in [0.5, 0.6) is 6.01 Å². The minimum absolute atomic E-state index is 0.0467. The van der Waals surface area contributed by atoms with Gasteiger partial charge in [-0.05, 0) is 45.7 Å². The van der Waals surface area contributed by atoms with E-state index < -0.39 is 17.4 Å². The first-order valence-corrected chi connectivity index (χ1v) is 9.25. The number of likely N-dealkylation sites (tertiary alicyclic amines) is 1. The molecule has 9 heteroatoms. The van der Waals surface area contributed by atoms with Crippen LogP contribution in [0.1, 0.15) is 45.4 Å². The molecule has 0 bridgehead atoms. The minimum Gasteiger partial charge on any atom is -0.479 e. The summed E-state index contributed by atoms with van der Waals surface area (Å²) >= 11 is 0. The number of benzene rings is 1. The lowest BCUT2D eigenvalue weighted by Crippen LogP contribution is -2.42. The quantitative estimate of drug-likeness (QED) is 0.689. The largest absolute Gasteiger partial charge is 0.479 e. The maximum Gasteiger partial charge on any atom is 0.410 e. The number of hydrogen-bond donors (Lipinski definition) is 1. The van der Waals surface area contributed by atoms with Crippen LogP contribution in [0.3, 0.4) is 0 Å². The monoisotopic (exact) mass is 387 g/mol. The molecule has 2 aromatic heterocycles. The third-order valence-electron chi connectivity index (χ3n) is 4.69. The van der Waals surface area contributed by atoms with Crippen LogP contribution >= 0.6 is 0 Å². The van der Waals surface area contributed by atoms with E-state index in [0.717, 1.165) is 12.8 Å². The van der Waals surface area contributed by atoms with E-state index >= 15 is 0 Å². The summed E-state index contributed by atoms with van der Waals surface area (Å²) < 4.78 is 20.7. The lowest BCUT2D eigenvalue weighted by molar-refractivity contribution is 0.0196. The molecule has 0 spiro atoms. The Kier molecular flexibility index (Phi) is 4.32. The molecule has 1 amide bonds. The SMILES string of the molecule is CC(C)(C)OC(=O)N1CCCC(c2nc3c4cccc(F)c4nc(O)n3n2)C1. The third kappa shape index (κ3) is 3.32. The van der Waals surface area contributed by atoms with Crippen molar-refractivity contribution in [1.29, 1.82) is 0 Å². The third-order valence-corrected chi connectivity index (χ3v) is 4.69. The van der Waals surface area contributed by atoms with Crippen LogP contribution in [0.15, 0.2) is 18.2 Å². The van der Waals surface area contributed by atoms with Crippen LogP contribution < -0.4 is 0 Å². The van der Waals surface area contributed by atoms with Crippen LogP contribution in [0.4, 0.5) is 9.18 Å². The van der Waals surface area contributed by atoms with Crippen molar-refractivity contribution < 1.29 is 19.0 Å². The Balaban J connectivity index is 1.67. The zero-order chi connectivity index (χ0) is 20.1. The second-order valence-corrected chi connectivity index (χ2v) is 8.02. The molecular formula is C19H22FN5O3. The summed E-state index contributed by atoms with van der Waals surface area (Å²) in [6.45, 7) is 6.52. The predicted octanol–water partition coefficient (Wildman–Crippen LogP) is 3.24. The molecular weight excluding hydrogens is 365 g/mol. The van der Waals surface area contributed by atoms with Crippen LogP contribution in [0, 0.1) is 5.82 Å². The van der Waals surface area contributed by atoms with Crippen molar-refractivity contribution in [2.24, 2.45) is 0 Å². The van der Waals surface area contributed by atoms with E-state index in [1.54, 1.807) is 17.0 Å². The number of piperidine rings is 1. The number of rotatable bonds is 1. The molecule has 1 aliphatic rings. The summed E-state index contributed by atoms with van der Waals surface area (Å²) in [6, 6.07) is 4.11. The number of para-hydroxylation sites is 1. The van der Waals surface area contributed by atoms with Gasteiger partial charge in [0, 0.05) is 24.4 Å². The van der Waals surface area contributed by atoms with Crippen molar-refractivity contribution in [3.8, 4) is 6.01 Å². The first kappa shape index (κ1) is 18.4. The van der Waals surface area contributed by atoms with Gasteiger partial charge in [0.1, 0.15) is 16.9 Å². The molecule has 1 atom stereocenters. The summed E-state index contributed by atoms with van der Waals surface area (Å²) in [6.07, 6.45) is 1.23. The van der Waals surface area contributed by atoms with Crippen LogP contribution in [0.2, 0.25) is 0 Å². The highest BCUT2D eigenvalue weighted by Crippen LogP contribution is 2.29. The maximum absolute atomic E-state index is 14.0. The van der Waals surface area contributed by atoms with Crippen molar-refractivity contribution in [3.63, 3.8) is 0 Å². The maximum atomic E-state index is 14.0. The van der Waals surface area contributed by atoms with E-state index in [-0.39, 0.29) is 17.5 Å². The fourth-order valence-corrected chi connectivity index (χ4v) is 3.45. The summed E-state index contributed by atoms with van der Waals surface area (Å²) in [5.74, 6) is -0.153. The Morgan fingerprint density at radius 2 is 2.11 bits per heavy atom. The van der Waals surface area contributed by atoms with Crippen LogP contribution in [0.25, 0.3) is 16.6 Å². The molecule has 0 saturated carbocycles. The van der Waals surface area contributed by atoms with Gasteiger partial charge in [-0.2, -0.15) is 9.50 Å². The predicted molar refractivity (Wildman–Crippen MR) is 99.7 cm³/mol. The second kappa shape index (κ2) is 6.57. The van der Waals surface area contributed by atoms with Crippen molar-refractivity contribution in [3.05, 3.63) is 29.8 Å². The molecule has 1 aliphatic heterocycles. The molecule has 0 aliphatic carbocycles. The zero-order valence-corrected chi connectivity index (χ0v) is 16.0. The molecule has 28 heavy (non-hydrogen) atoms. The first-order valence-electron chi connectivity index (χ1n) is 9.25. The summed E-state index contributed by atoms with van der Waals surface area (Å²) in [5, 5.41) is 15.0. The van der Waals surface area contributed by atoms with Gasteiger partial charge < -0.3 is 14.7 Å². The number of amides is 1. The average molecular weight is 387 g/mol. The highest BCUT2D eigenvalue weighted by Gasteiger charge is 2.31. The highest BCUT2D eigenvalue weighted by atomic mass is 19.1. The van der Waals surface area contributed by atoms with Gasteiger partial charge in [0.15, 0.2) is 11.5 Å². The van der Waals surface area contributed by atoms with Gasteiger partial charge in [-0.3, -0.25) is 0 Å². The lowest BCUT2D eigenvalue weighted by Gasteiger charge is -2.33. The molecule has 148 valence electrons. The van der Waals surface area contributed by atoms with Gasteiger partial charge >= 0.3 is 12.1 Å². The van der Waals surface area contributed by atoms with Gasteiger partial charge in [0.25, 0.3) is 0 Å². The number of aromatic hydroxyl groups is 1. The highest BCUT2D eigenvalue weighted by molar-refractivity contribution is 5.91. The molecule has 3 aromatic rings. The molecule has 4 rings (SSSR count). The number of ether oxygens (including phenoxy) is 1. The number of aromatic nitrogens is 4. The van der Waals surface area contributed by atoms with E-state index in [9.17, 15) is 14.3 Å². The smallest absolute Gasteiger partial charge is 0.410 e. The van der Waals surface area contributed by atoms with Crippen LogP contribution in [-0.2, 0) is 4.74 Å². The van der Waals surface area contributed by atoms with E-state index in [1.807, 2.05) is 20.8 Å². The van der Waals surface area contributed by atoms with E-state index in [0.29, 0.717) is 29.9 Å². The van der Waals surface area contributed by atoms with Gasteiger partial charge in [-0.25, -0.2) is 14.2 Å². The number of carbonyl (C=O) groups excluding carboxylic acids is 1. The van der Waals surface area contributed by atoms with Gasteiger partial charge in [0.05, 0.1) is 0 Å². The second-order valence-electron chi connectivity index (χ2n) is 8.02. The summed E-state index contributed by atoms with van der Waals surface area (Å²) in [7, 11) is 0. The molecule has 1 saturated heterocycles. The molecule has 8 nitrogen and oxygen atoms in total. The molecule has 3 heterocycles. The number of carbonyl (C=O) groups is 1. The van der Waals surface area contributed by atoms with E-state index in [2.05, 4.69) is 15.1 Å². The summed E-state index contributed by atoms with van der Waals surface area (Å²) in [5.41, 5.74) is -0.178. The number of fused-ring (bicyclic) bond motifs is 3. The summed E-state index contributed by atoms with van der Waals surface area (Å²) in [4.78, 5) is 22.5. The topological polar surface area (TPSA) is 92.8 Å². The Bertz CT molecular complexity index is 1060. The molecule has 1 N–H and O–H groups in total. The molecule has 1 fully saturated rings. The Hall–Kier alpha value is -2.97. The van der Waals surface area contributed by atoms with E-state index in [4.69, 9.17) is 4.74 Å².